The van der Waals surface area contributed by atoms with E-state index in [-0.39, 0.29) is 40.4 Å². The molecule has 1 heterocycles. The molecule has 0 N–H and O–H groups in total. The molecule has 0 spiro atoms. The number of hydrogen-bond acceptors (Lipinski definition) is 1. The van der Waals surface area contributed by atoms with E-state index in [9.17, 15) is 0 Å². The molecule has 0 saturated heterocycles. The van der Waals surface area contributed by atoms with Crippen molar-refractivity contribution in [2.75, 3.05) is 0 Å². The summed E-state index contributed by atoms with van der Waals surface area (Å²) in [6.07, 6.45) is 2.81. The molecule has 0 aliphatic carbocycles. The molecule has 2 rings (SSSR count). The summed E-state index contributed by atoms with van der Waals surface area (Å²) in [4.78, 5) is 4.12. The van der Waals surface area contributed by atoms with Gasteiger partial charge in [-0.3, -0.25) is 0 Å². The van der Waals surface area contributed by atoms with Crippen LogP contribution in [-0.2, 0) is 0 Å². The number of benzene rings is 1. The van der Waals surface area contributed by atoms with Gasteiger partial charge in [-0.15, -0.1) is 6.07 Å². The maximum atomic E-state index is 4.12. The predicted molar refractivity (Wildman–Crippen MR) is 48.5 cm³/mol. The van der Waals surface area contributed by atoms with Gasteiger partial charge in [-0.2, -0.15) is 12.1 Å². The van der Waals surface area contributed by atoms with Crippen LogP contribution >= 0.6 is 0 Å². The molecule has 0 unspecified atom stereocenters. The first-order valence-corrected chi connectivity index (χ1v) is 3.85. The maximum absolute atomic E-state index is 4.12. The third kappa shape index (κ3) is 2.84. The Morgan fingerprint density at radius 3 is 2.31 bits per heavy atom. The van der Waals surface area contributed by atoms with Crippen LogP contribution in [0.5, 0.6) is 0 Å². The molecule has 0 amide bonds. The van der Waals surface area contributed by atoms with Gasteiger partial charge in [0.15, 0.2) is 0 Å². The second-order valence-electron chi connectivity index (χ2n) is 2.52. The topological polar surface area (TPSA) is 12.9 Å². The molecule has 0 fully saturated rings. The van der Waals surface area contributed by atoms with E-state index in [2.05, 4.69) is 11.2 Å². The standard InChI is InChI=1S/C11H8N.Pm/c1-2-6-10(7-3-1)11-8-4-5-9-12-11;/h1-8H;/q-1;. The Balaban J connectivity index is 0.000000845. The second-order valence-corrected chi connectivity index (χ2v) is 2.52. The first kappa shape index (κ1) is 10.8. The van der Waals surface area contributed by atoms with Crippen molar-refractivity contribution in [3.63, 3.8) is 0 Å². The smallest absolute Gasteiger partial charge is 0 e. The summed E-state index contributed by atoms with van der Waals surface area (Å²) in [6, 6.07) is 15.8. The van der Waals surface area contributed by atoms with Crippen LogP contribution in [0, 0.1) is 46.6 Å². The molecule has 2 heteroatoms. The summed E-state index contributed by atoms with van der Waals surface area (Å²) in [7, 11) is 0. The van der Waals surface area contributed by atoms with Gasteiger partial charge in [0.25, 0.3) is 0 Å². The summed E-state index contributed by atoms with van der Waals surface area (Å²) >= 11 is 0. The van der Waals surface area contributed by atoms with E-state index < -0.39 is 0 Å². The van der Waals surface area contributed by atoms with Crippen LogP contribution < -0.4 is 0 Å². The van der Waals surface area contributed by atoms with Crippen molar-refractivity contribution in [1.82, 2.24) is 4.98 Å². The van der Waals surface area contributed by atoms with Crippen LogP contribution in [-0.4, -0.2) is 4.98 Å². The molecule has 13 heavy (non-hydrogen) atoms. The number of rotatable bonds is 1. The molecule has 0 aliphatic heterocycles. The zero-order valence-corrected chi connectivity index (χ0v) is 9.88. The Labute approximate surface area is 110 Å². The van der Waals surface area contributed by atoms with Crippen LogP contribution in [0.4, 0.5) is 0 Å². The quantitative estimate of drug-likeness (QED) is 0.738. The normalized spacial score (nSPS) is 8.92. The van der Waals surface area contributed by atoms with Crippen molar-refractivity contribution in [1.29, 1.82) is 0 Å². The van der Waals surface area contributed by atoms with Crippen LogP contribution in [0.1, 0.15) is 0 Å². The zero-order chi connectivity index (χ0) is 8.23. The van der Waals surface area contributed by atoms with Crippen LogP contribution in [0.3, 0.4) is 0 Å². The van der Waals surface area contributed by atoms with Crippen LogP contribution in [0.15, 0.2) is 48.5 Å². The monoisotopic (exact) mass is 299 g/mol. The summed E-state index contributed by atoms with van der Waals surface area (Å²) in [5.74, 6) is 0. The van der Waals surface area contributed by atoms with Crippen molar-refractivity contribution >= 4 is 0 Å². The Bertz CT molecular complexity index is 307. The number of nitrogens with zero attached hydrogens (tertiary/aromatic N) is 1. The van der Waals surface area contributed by atoms with Gasteiger partial charge in [-0.05, 0) is 5.69 Å². The van der Waals surface area contributed by atoms with E-state index in [1.807, 2.05) is 42.5 Å². The molecule has 0 aliphatic rings. The minimum atomic E-state index is 0. The fourth-order valence-corrected chi connectivity index (χ4v) is 1.10. The van der Waals surface area contributed by atoms with Crippen molar-refractivity contribution < 1.29 is 40.4 Å². The molecule has 2 aromatic rings. The van der Waals surface area contributed by atoms with Gasteiger partial charge in [-0.1, -0.05) is 42.1 Å². The Kier molecular flexibility index (Phi) is 4.51. The van der Waals surface area contributed by atoms with Gasteiger partial charge >= 0.3 is 0 Å². The number of hydrogen-bond donors (Lipinski definition) is 0. The first-order valence-electron chi connectivity index (χ1n) is 3.85. The third-order valence-electron chi connectivity index (χ3n) is 1.68. The van der Waals surface area contributed by atoms with Gasteiger partial charge < -0.3 is 4.98 Å². The van der Waals surface area contributed by atoms with Crippen molar-refractivity contribution in [3.05, 3.63) is 54.7 Å². The van der Waals surface area contributed by atoms with Crippen molar-refractivity contribution in [3.8, 4) is 11.3 Å². The Morgan fingerprint density at radius 2 is 1.69 bits per heavy atom. The zero-order valence-electron chi connectivity index (χ0n) is 7.01. The first-order chi connectivity index (χ1) is 5.97. The van der Waals surface area contributed by atoms with Crippen molar-refractivity contribution in [2.24, 2.45) is 0 Å². The molecule has 1 aromatic carbocycles. The van der Waals surface area contributed by atoms with Gasteiger partial charge in [0.05, 0.1) is 0 Å². The molecule has 1 aromatic heterocycles. The molecule has 1 radical (unpaired) electrons. The average Bonchev–Trinajstić information content (AvgIpc) is 2.21. The maximum Gasteiger partial charge on any atom is 0 e. The molecular formula is C11H8NPm-. The number of pyridine rings is 1. The number of aromatic nitrogens is 1. The van der Waals surface area contributed by atoms with Gasteiger partial charge in [-0.25, -0.2) is 0 Å². The van der Waals surface area contributed by atoms with Crippen LogP contribution in [0.25, 0.3) is 11.3 Å². The summed E-state index contributed by atoms with van der Waals surface area (Å²) in [6.45, 7) is 0. The minimum absolute atomic E-state index is 0. The molecule has 0 atom stereocenters. The SMILES string of the molecule is [Pm].[c-]1cccc(-c2ccccc2)n1. The van der Waals surface area contributed by atoms with Gasteiger partial charge in [0, 0.05) is 40.4 Å². The van der Waals surface area contributed by atoms with E-state index in [4.69, 9.17) is 0 Å². The van der Waals surface area contributed by atoms with Gasteiger partial charge in [0.2, 0.25) is 0 Å². The summed E-state index contributed by atoms with van der Waals surface area (Å²) in [5, 5.41) is 0. The Hall–Kier alpha value is -0.292. The van der Waals surface area contributed by atoms with Crippen molar-refractivity contribution in [2.45, 2.75) is 0 Å². The summed E-state index contributed by atoms with van der Waals surface area (Å²) in [5.41, 5.74) is 2.10. The molecule has 0 saturated carbocycles. The molecule has 63 valence electrons. The van der Waals surface area contributed by atoms with E-state index in [0.29, 0.717) is 0 Å². The average molecular weight is 299 g/mol. The fraction of sp³-hybridized carbons (Fsp3) is 0. The predicted octanol–water partition coefficient (Wildman–Crippen LogP) is 2.55. The minimum Gasteiger partial charge on any atom is -0.386 e. The molecule has 1 nitrogen and oxygen atoms in total. The second kappa shape index (κ2) is 5.44. The molecule has 0 bridgehead atoms. The largest absolute Gasteiger partial charge is 0.386 e. The summed E-state index contributed by atoms with van der Waals surface area (Å²) < 4.78 is 0. The fourth-order valence-electron chi connectivity index (χ4n) is 1.10. The Morgan fingerprint density at radius 1 is 0.923 bits per heavy atom. The third-order valence-corrected chi connectivity index (χ3v) is 1.68. The van der Waals surface area contributed by atoms with Crippen LogP contribution in [0.2, 0.25) is 0 Å². The van der Waals surface area contributed by atoms with E-state index in [0.717, 1.165) is 11.3 Å². The van der Waals surface area contributed by atoms with E-state index >= 15 is 0 Å². The molecular weight excluding hydrogens is 291 g/mol. The van der Waals surface area contributed by atoms with Gasteiger partial charge in [0.1, 0.15) is 0 Å². The van der Waals surface area contributed by atoms with E-state index in [1.54, 1.807) is 6.07 Å². The van der Waals surface area contributed by atoms with E-state index in [1.165, 1.54) is 0 Å².